The number of aryl methyl sites for hydroxylation is 2. The number of piperazine rings is 1. The van der Waals surface area contributed by atoms with Crippen LogP contribution in [0.5, 0.6) is 0 Å². The van der Waals surface area contributed by atoms with Crippen LogP contribution in [-0.2, 0) is 11.3 Å². The molecule has 2 aliphatic heterocycles. The molecule has 9 nitrogen and oxygen atoms in total. The Morgan fingerprint density at radius 1 is 1.14 bits per heavy atom. The number of carbonyl (C=O) groups excluding carboxylic acids is 1. The fourth-order valence-electron chi connectivity index (χ4n) is 5.42. The van der Waals surface area contributed by atoms with Crippen LogP contribution in [0.1, 0.15) is 45.5 Å². The van der Waals surface area contributed by atoms with Gasteiger partial charge in [0, 0.05) is 62.3 Å². The van der Waals surface area contributed by atoms with Gasteiger partial charge in [0.2, 0.25) is 0 Å². The summed E-state index contributed by atoms with van der Waals surface area (Å²) < 4.78 is 7.50. The predicted molar refractivity (Wildman–Crippen MR) is 140 cm³/mol. The second-order valence-electron chi connectivity index (χ2n) is 9.79. The number of carbonyl (C=O) groups is 1. The van der Waals surface area contributed by atoms with Crippen LogP contribution < -0.4 is 5.56 Å². The van der Waals surface area contributed by atoms with Crippen LogP contribution in [0.15, 0.2) is 28.5 Å². The third kappa shape index (κ3) is 4.23. The first-order chi connectivity index (χ1) is 17.5. The number of fused-ring (bicyclic) bond motifs is 3. The number of rotatable bonds is 4. The van der Waals surface area contributed by atoms with Crippen LogP contribution in [0.4, 0.5) is 0 Å². The van der Waals surface area contributed by atoms with Crippen molar-refractivity contribution in [2.24, 2.45) is 0 Å². The molecule has 2 aliphatic rings. The number of nitrogens with zero attached hydrogens (tertiary/aromatic N) is 5. The number of thiazole rings is 1. The predicted octanol–water partition coefficient (Wildman–Crippen LogP) is 3.26. The largest absolute Gasteiger partial charge is 0.381 e. The lowest BCUT2D eigenvalue weighted by Gasteiger charge is -2.34. The first-order valence-corrected chi connectivity index (χ1v) is 13.4. The Bertz CT molecular complexity index is 1490. The molecule has 3 aromatic heterocycles. The number of pyridine rings is 1. The van der Waals surface area contributed by atoms with E-state index in [0.29, 0.717) is 37.3 Å². The molecule has 0 unspecified atom stereocenters. The Balaban J connectivity index is 1.30. The van der Waals surface area contributed by atoms with Gasteiger partial charge in [0.15, 0.2) is 0 Å². The molecule has 1 aromatic carbocycles. The normalized spacial score (nSPS) is 17.9. The van der Waals surface area contributed by atoms with E-state index in [9.17, 15) is 9.59 Å². The monoisotopic (exact) mass is 506 g/mol. The van der Waals surface area contributed by atoms with Crippen LogP contribution in [0.2, 0.25) is 0 Å². The Morgan fingerprint density at radius 2 is 1.92 bits per heavy atom. The molecular weight excluding hydrogens is 476 g/mol. The molecule has 1 N–H and O–H groups in total. The minimum atomic E-state index is -0.152. The van der Waals surface area contributed by atoms with E-state index in [4.69, 9.17) is 4.74 Å². The smallest absolute Gasteiger partial charge is 0.259 e. The summed E-state index contributed by atoms with van der Waals surface area (Å²) in [4.78, 5) is 38.3. The lowest BCUT2D eigenvalue weighted by atomic mass is 10.0. The maximum atomic E-state index is 13.6. The van der Waals surface area contributed by atoms with E-state index in [0.717, 1.165) is 65.2 Å². The molecule has 0 aliphatic carbocycles. The summed E-state index contributed by atoms with van der Waals surface area (Å²) in [6.07, 6.45) is 3.36. The van der Waals surface area contributed by atoms with E-state index in [2.05, 4.69) is 25.3 Å². The van der Waals surface area contributed by atoms with Gasteiger partial charge >= 0.3 is 0 Å². The van der Waals surface area contributed by atoms with E-state index >= 15 is 0 Å². The molecule has 2 fully saturated rings. The molecular formula is C26H30N6O3S. The number of benzene rings is 1. The highest BCUT2D eigenvalue weighted by atomic mass is 32.1. The van der Waals surface area contributed by atoms with Crippen molar-refractivity contribution in [3.8, 4) is 0 Å². The van der Waals surface area contributed by atoms with Crippen molar-refractivity contribution in [2.75, 3.05) is 39.4 Å². The molecule has 6 rings (SSSR count). The number of ether oxygens (including phenoxy) is 1. The zero-order valence-corrected chi connectivity index (χ0v) is 21.4. The maximum Gasteiger partial charge on any atom is 0.259 e. The van der Waals surface area contributed by atoms with E-state index in [1.165, 1.54) is 0 Å². The van der Waals surface area contributed by atoms with E-state index in [1.54, 1.807) is 17.5 Å². The summed E-state index contributed by atoms with van der Waals surface area (Å²) in [5.74, 6) is 0.0371. The molecule has 0 saturated carbocycles. The first kappa shape index (κ1) is 23.3. The number of nitrogens with one attached hydrogen (secondary N) is 1. The molecule has 10 heteroatoms. The second-order valence-corrected chi connectivity index (χ2v) is 10.9. The fraction of sp³-hybridized carbons (Fsp3) is 0.462. The molecule has 0 atom stereocenters. The molecule has 0 bridgehead atoms. The highest BCUT2D eigenvalue weighted by molar-refractivity contribution is 7.09. The van der Waals surface area contributed by atoms with Gasteiger partial charge in [-0.15, -0.1) is 11.3 Å². The quantitative estimate of drug-likeness (QED) is 0.457. The van der Waals surface area contributed by atoms with Gasteiger partial charge in [-0.1, -0.05) is 0 Å². The molecule has 1 amide bonds. The Labute approximate surface area is 212 Å². The molecule has 5 heterocycles. The number of amides is 1. The minimum absolute atomic E-state index is 0.0371. The summed E-state index contributed by atoms with van der Waals surface area (Å²) >= 11 is 1.67. The van der Waals surface area contributed by atoms with Crippen molar-refractivity contribution in [3.05, 3.63) is 55.9 Å². The highest BCUT2D eigenvalue weighted by Crippen LogP contribution is 2.30. The third-order valence-electron chi connectivity index (χ3n) is 7.39. The van der Waals surface area contributed by atoms with Gasteiger partial charge in [-0.2, -0.15) is 5.10 Å². The minimum Gasteiger partial charge on any atom is -0.381 e. The summed E-state index contributed by atoms with van der Waals surface area (Å²) in [5.41, 5.74) is 4.03. The Hall–Kier alpha value is -3.08. The van der Waals surface area contributed by atoms with E-state index < -0.39 is 0 Å². The van der Waals surface area contributed by atoms with E-state index in [1.807, 2.05) is 35.6 Å². The summed E-state index contributed by atoms with van der Waals surface area (Å²) in [6, 6.07) is 4.05. The lowest BCUT2D eigenvalue weighted by molar-refractivity contribution is 0.0626. The SMILES string of the molecule is Cc1nc(CN2CCN(C(=O)c3cc4c(cc3C)[nH]c(=O)c3cnn(C5CCOCC5)c34)CC2)cs1. The fourth-order valence-corrected chi connectivity index (χ4v) is 6.02. The maximum absolute atomic E-state index is 13.6. The third-order valence-corrected chi connectivity index (χ3v) is 8.21. The van der Waals surface area contributed by atoms with Crippen LogP contribution in [-0.4, -0.2) is 74.8 Å². The summed E-state index contributed by atoms with van der Waals surface area (Å²) in [7, 11) is 0. The average molecular weight is 507 g/mol. The summed E-state index contributed by atoms with van der Waals surface area (Å²) in [6.45, 7) is 9.16. The van der Waals surface area contributed by atoms with Crippen molar-refractivity contribution >= 4 is 39.0 Å². The topological polar surface area (TPSA) is 96.4 Å². The van der Waals surface area contributed by atoms with Gasteiger partial charge < -0.3 is 14.6 Å². The van der Waals surface area contributed by atoms with Gasteiger partial charge in [0.05, 0.1) is 39.4 Å². The van der Waals surface area contributed by atoms with Crippen molar-refractivity contribution in [2.45, 2.75) is 39.3 Å². The van der Waals surface area contributed by atoms with Gasteiger partial charge in [-0.05, 0) is 44.4 Å². The molecule has 0 spiro atoms. The molecule has 4 aromatic rings. The molecule has 188 valence electrons. The van der Waals surface area contributed by atoms with Gasteiger partial charge in [0.1, 0.15) is 0 Å². The Morgan fingerprint density at radius 3 is 2.64 bits per heavy atom. The number of H-pyrrole nitrogens is 1. The number of hydrogen-bond donors (Lipinski definition) is 1. The number of aromatic amines is 1. The van der Waals surface area contributed by atoms with Gasteiger partial charge in [0.25, 0.3) is 11.5 Å². The van der Waals surface area contributed by atoms with Crippen molar-refractivity contribution < 1.29 is 9.53 Å². The van der Waals surface area contributed by atoms with Gasteiger partial charge in [-0.25, -0.2) is 4.98 Å². The van der Waals surface area contributed by atoms with Crippen molar-refractivity contribution in [1.82, 2.24) is 29.5 Å². The number of hydrogen-bond acceptors (Lipinski definition) is 7. The Kier molecular flexibility index (Phi) is 6.10. The second kappa shape index (κ2) is 9.42. The van der Waals surface area contributed by atoms with Gasteiger partial charge in [-0.3, -0.25) is 19.2 Å². The van der Waals surface area contributed by atoms with Crippen molar-refractivity contribution in [3.63, 3.8) is 0 Å². The number of aromatic nitrogens is 4. The highest BCUT2D eigenvalue weighted by Gasteiger charge is 2.26. The molecule has 2 saturated heterocycles. The van der Waals surface area contributed by atoms with Crippen LogP contribution in [0.3, 0.4) is 0 Å². The van der Waals surface area contributed by atoms with Crippen LogP contribution in [0.25, 0.3) is 21.8 Å². The van der Waals surface area contributed by atoms with Crippen molar-refractivity contribution in [1.29, 1.82) is 0 Å². The van der Waals surface area contributed by atoms with E-state index in [-0.39, 0.29) is 17.5 Å². The van der Waals surface area contributed by atoms with Crippen LogP contribution >= 0.6 is 11.3 Å². The molecule has 36 heavy (non-hydrogen) atoms. The standard InChI is InChI=1S/C26H30N6O3S/c1-16-11-23-21(24-22(25(33)29-23)13-27-32(24)19-3-9-35-10-4-19)12-20(16)26(34)31-7-5-30(6-8-31)14-18-15-36-17(2)28-18/h11-13,15,19H,3-10,14H2,1-2H3,(H,29,33). The lowest BCUT2D eigenvalue weighted by Crippen LogP contribution is -2.48. The molecule has 0 radical (unpaired) electrons. The van der Waals surface area contributed by atoms with Crippen LogP contribution in [0, 0.1) is 13.8 Å². The first-order valence-electron chi connectivity index (χ1n) is 12.5. The zero-order chi connectivity index (χ0) is 24.8. The summed E-state index contributed by atoms with van der Waals surface area (Å²) in [5, 5.41) is 9.21. The average Bonchev–Trinajstić information content (AvgIpc) is 3.51. The zero-order valence-electron chi connectivity index (χ0n) is 20.6.